The number of carbonyl (C=O) groups is 3. The number of amides is 1. The van der Waals surface area contributed by atoms with Crippen LogP contribution in [0.25, 0.3) is 0 Å². The lowest BCUT2D eigenvalue weighted by molar-refractivity contribution is -0.152. The normalized spacial score (nSPS) is 21.0. The minimum absolute atomic E-state index is 0.206. The van der Waals surface area contributed by atoms with Crippen molar-refractivity contribution < 1.29 is 24.2 Å². The molecule has 1 aliphatic rings. The molecule has 124 valence electrons. The van der Waals surface area contributed by atoms with Crippen molar-refractivity contribution in [1.82, 2.24) is 5.32 Å². The summed E-state index contributed by atoms with van der Waals surface area (Å²) in [5, 5.41) is 11.6. The van der Waals surface area contributed by atoms with Crippen molar-refractivity contribution in [1.29, 1.82) is 0 Å². The van der Waals surface area contributed by atoms with E-state index in [0.29, 0.717) is 18.4 Å². The van der Waals surface area contributed by atoms with Crippen LogP contribution in [0.1, 0.15) is 35.7 Å². The molecule has 1 aromatic rings. The minimum Gasteiger partial charge on any atom is -0.481 e. The summed E-state index contributed by atoms with van der Waals surface area (Å²) in [5.74, 6) is -2.43. The van der Waals surface area contributed by atoms with Gasteiger partial charge in [-0.25, -0.2) is 4.79 Å². The Balaban J connectivity index is 2.04. The molecule has 1 amide bonds. The molecule has 6 nitrogen and oxygen atoms in total. The van der Waals surface area contributed by atoms with Crippen LogP contribution in [-0.2, 0) is 20.7 Å². The Morgan fingerprint density at radius 2 is 1.87 bits per heavy atom. The Labute approximate surface area is 134 Å². The SMILES string of the molecule is CCc1ccc(C(=O)NC(C(=O)OC)C2CC(C(=O)O)C2)cc1. The van der Waals surface area contributed by atoms with Gasteiger partial charge < -0.3 is 15.2 Å². The Hall–Kier alpha value is -2.37. The fourth-order valence-corrected chi connectivity index (χ4v) is 2.75. The molecule has 2 rings (SSSR count). The van der Waals surface area contributed by atoms with Crippen LogP contribution >= 0.6 is 0 Å². The van der Waals surface area contributed by atoms with Gasteiger partial charge >= 0.3 is 11.9 Å². The van der Waals surface area contributed by atoms with E-state index in [2.05, 4.69) is 5.32 Å². The van der Waals surface area contributed by atoms with Crippen LogP contribution in [-0.4, -0.2) is 36.1 Å². The number of carbonyl (C=O) groups excluding carboxylic acids is 2. The molecule has 1 atom stereocenters. The third kappa shape index (κ3) is 3.88. The van der Waals surface area contributed by atoms with Gasteiger partial charge in [0.2, 0.25) is 0 Å². The van der Waals surface area contributed by atoms with E-state index in [9.17, 15) is 14.4 Å². The summed E-state index contributed by atoms with van der Waals surface area (Å²) < 4.78 is 4.74. The predicted molar refractivity (Wildman–Crippen MR) is 82.9 cm³/mol. The van der Waals surface area contributed by atoms with Crippen molar-refractivity contribution in [2.45, 2.75) is 32.2 Å². The van der Waals surface area contributed by atoms with Crippen LogP contribution in [0.2, 0.25) is 0 Å². The minimum atomic E-state index is -0.869. The summed E-state index contributed by atoms with van der Waals surface area (Å²) in [4.78, 5) is 35.1. The molecule has 1 unspecified atom stereocenters. The highest BCUT2D eigenvalue weighted by Crippen LogP contribution is 2.36. The monoisotopic (exact) mass is 319 g/mol. The fourth-order valence-electron chi connectivity index (χ4n) is 2.75. The molecule has 0 heterocycles. The van der Waals surface area contributed by atoms with Crippen LogP contribution in [0.3, 0.4) is 0 Å². The van der Waals surface area contributed by atoms with Gasteiger partial charge in [-0.15, -0.1) is 0 Å². The van der Waals surface area contributed by atoms with E-state index in [1.165, 1.54) is 7.11 Å². The third-order valence-electron chi connectivity index (χ3n) is 4.36. The maximum atomic E-state index is 12.3. The molecular weight excluding hydrogens is 298 g/mol. The highest BCUT2D eigenvalue weighted by Gasteiger charge is 2.43. The summed E-state index contributed by atoms with van der Waals surface area (Å²) in [7, 11) is 1.25. The van der Waals surface area contributed by atoms with Gasteiger partial charge in [0, 0.05) is 5.56 Å². The number of nitrogens with one attached hydrogen (secondary N) is 1. The summed E-state index contributed by atoms with van der Waals surface area (Å²) >= 11 is 0. The molecule has 2 N–H and O–H groups in total. The quantitative estimate of drug-likeness (QED) is 0.778. The number of aliphatic carboxylic acids is 1. The molecule has 0 aromatic heterocycles. The number of rotatable bonds is 6. The summed E-state index contributed by atoms with van der Waals surface area (Å²) in [6, 6.07) is 6.35. The zero-order valence-electron chi connectivity index (χ0n) is 13.2. The van der Waals surface area contributed by atoms with Gasteiger partial charge in [0.05, 0.1) is 13.0 Å². The first-order chi connectivity index (χ1) is 11.0. The Kier molecular flexibility index (Phi) is 5.36. The number of hydrogen-bond donors (Lipinski definition) is 2. The van der Waals surface area contributed by atoms with Crippen molar-refractivity contribution in [2.24, 2.45) is 11.8 Å². The second-order valence-corrected chi connectivity index (χ2v) is 5.79. The number of methoxy groups -OCH3 is 1. The van der Waals surface area contributed by atoms with E-state index in [-0.39, 0.29) is 11.8 Å². The summed E-state index contributed by atoms with van der Waals surface area (Å²) in [6.45, 7) is 2.03. The number of ether oxygens (including phenoxy) is 1. The molecule has 1 saturated carbocycles. The summed E-state index contributed by atoms with van der Waals surface area (Å²) in [6.07, 6.45) is 1.61. The first kappa shape index (κ1) is 17.0. The first-order valence-electron chi connectivity index (χ1n) is 7.66. The van der Waals surface area contributed by atoms with Gasteiger partial charge in [0.25, 0.3) is 5.91 Å². The Morgan fingerprint density at radius 1 is 1.26 bits per heavy atom. The van der Waals surface area contributed by atoms with Gasteiger partial charge in [-0.1, -0.05) is 19.1 Å². The van der Waals surface area contributed by atoms with Crippen LogP contribution < -0.4 is 5.32 Å². The van der Waals surface area contributed by atoms with E-state index in [0.717, 1.165) is 12.0 Å². The molecule has 1 aliphatic carbocycles. The Morgan fingerprint density at radius 3 is 2.35 bits per heavy atom. The maximum absolute atomic E-state index is 12.3. The van der Waals surface area contributed by atoms with Crippen molar-refractivity contribution >= 4 is 17.8 Å². The molecular formula is C17H21NO5. The average Bonchev–Trinajstić information content (AvgIpc) is 2.51. The molecule has 0 bridgehead atoms. The number of esters is 1. The van der Waals surface area contributed by atoms with Gasteiger partial charge in [0.15, 0.2) is 0 Å². The van der Waals surface area contributed by atoms with E-state index in [1.54, 1.807) is 12.1 Å². The Bertz CT molecular complexity index is 590. The lowest BCUT2D eigenvalue weighted by Crippen LogP contribution is -2.51. The standard InChI is InChI=1S/C17H21NO5/c1-3-10-4-6-11(7-5-10)15(19)18-14(17(22)23-2)12-8-13(9-12)16(20)21/h4-7,12-14H,3,8-9H2,1-2H3,(H,18,19)(H,20,21). The number of carboxylic acids is 1. The van der Waals surface area contributed by atoms with Crippen LogP contribution in [0.5, 0.6) is 0 Å². The largest absolute Gasteiger partial charge is 0.481 e. The van der Waals surface area contributed by atoms with Gasteiger partial charge in [-0.2, -0.15) is 0 Å². The molecule has 1 fully saturated rings. The van der Waals surface area contributed by atoms with Crippen molar-refractivity contribution in [3.05, 3.63) is 35.4 Å². The van der Waals surface area contributed by atoms with Crippen LogP contribution in [0.4, 0.5) is 0 Å². The molecule has 0 radical (unpaired) electrons. The second-order valence-electron chi connectivity index (χ2n) is 5.79. The average molecular weight is 319 g/mol. The topological polar surface area (TPSA) is 92.7 Å². The molecule has 0 saturated heterocycles. The molecule has 6 heteroatoms. The second kappa shape index (κ2) is 7.26. The van der Waals surface area contributed by atoms with Crippen molar-refractivity contribution in [2.75, 3.05) is 7.11 Å². The number of benzene rings is 1. The molecule has 1 aromatic carbocycles. The number of hydrogen-bond acceptors (Lipinski definition) is 4. The van der Waals surface area contributed by atoms with E-state index in [4.69, 9.17) is 9.84 Å². The molecule has 23 heavy (non-hydrogen) atoms. The third-order valence-corrected chi connectivity index (χ3v) is 4.36. The smallest absolute Gasteiger partial charge is 0.328 e. The molecule has 0 spiro atoms. The van der Waals surface area contributed by atoms with E-state index >= 15 is 0 Å². The van der Waals surface area contributed by atoms with Gasteiger partial charge in [-0.05, 0) is 42.9 Å². The maximum Gasteiger partial charge on any atom is 0.328 e. The van der Waals surface area contributed by atoms with Crippen LogP contribution in [0.15, 0.2) is 24.3 Å². The van der Waals surface area contributed by atoms with E-state index in [1.807, 2.05) is 19.1 Å². The highest BCUT2D eigenvalue weighted by molar-refractivity contribution is 5.97. The number of carboxylic acid groups (broad SMARTS) is 1. The zero-order valence-corrected chi connectivity index (χ0v) is 13.2. The highest BCUT2D eigenvalue weighted by atomic mass is 16.5. The fraction of sp³-hybridized carbons (Fsp3) is 0.471. The molecule has 0 aliphatic heterocycles. The summed E-state index contributed by atoms with van der Waals surface area (Å²) in [5.41, 5.74) is 1.58. The lowest BCUT2D eigenvalue weighted by atomic mass is 9.71. The van der Waals surface area contributed by atoms with Gasteiger partial charge in [-0.3, -0.25) is 9.59 Å². The first-order valence-corrected chi connectivity index (χ1v) is 7.66. The van der Waals surface area contributed by atoms with E-state index < -0.39 is 23.9 Å². The zero-order chi connectivity index (χ0) is 17.0. The van der Waals surface area contributed by atoms with Crippen molar-refractivity contribution in [3.63, 3.8) is 0 Å². The van der Waals surface area contributed by atoms with Crippen molar-refractivity contribution in [3.8, 4) is 0 Å². The number of aryl methyl sites for hydroxylation is 1. The van der Waals surface area contributed by atoms with Crippen LogP contribution in [0, 0.1) is 11.8 Å². The lowest BCUT2D eigenvalue weighted by Gasteiger charge is -2.37. The van der Waals surface area contributed by atoms with Gasteiger partial charge in [0.1, 0.15) is 6.04 Å². The predicted octanol–water partition coefficient (Wildman–Crippen LogP) is 1.63.